The van der Waals surface area contributed by atoms with E-state index in [1.54, 1.807) is 18.2 Å². The number of phenolic OH excluding ortho intramolecular Hbond substituents is 1. The first kappa shape index (κ1) is 16.6. The number of carbonyl (C=O) groups is 1. The Hall–Kier alpha value is -2.75. The van der Waals surface area contributed by atoms with E-state index in [1.807, 2.05) is 0 Å². The van der Waals surface area contributed by atoms with Crippen LogP contribution in [-0.2, 0) is 0 Å². The second-order valence-electron chi connectivity index (χ2n) is 4.41. The number of guanidine groups is 1. The zero-order valence-electron chi connectivity index (χ0n) is 11.5. The van der Waals surface area contributed by atoms with Gasteiger partial charge in [0.25, 0.3) is 5.91 Å². The molecule has 0 aromatic heterocycles. The Morgan fingerprint density at radius 2 is 1.91 bits per heavy atom. The summed E-state index contributed by atoms with van der Waals surface area (Å²) in [5, 5.41) is 10.4. The molecule has 0 aliphatic rings. The van der Waals surface area contributed by atoms with E-state index < -0.39 is 11.9 Å². The Morgan fingerprint density at radius 3 is 2.52 bits per heavy atom. The summed E-state index contributed by atoms with van der Waals surface area (Å²) in [7, 11) is 0. The summed E-state index contributed by atoms with van der Waals surface area (Å²) in [4.78, 5) is 19.0. The molecule has 0 saturated heterocycles. The summed E-state index contributed by atoms with van der Waals surface area (Å²) >= 11 is 12.2. The third-order valence-corrected chi connectivity index (χ3v) is 3.77. The van der Waals surface area contributed by atoms with Crippen molar-refractivity contribution in [3.63, 3.8) is 0 Å². The van der Waals surface area contributed by atoms with Gasteiger partial charge in [0, 0.05) is 5.56 Å². The molecule has 0 spiro atoms. The van der Waals surface area contributed by atoms with Gasteiger partial charge in [0.05, 0.1) is 22.2 Å². The predicted octanol–water partition coefficient (Wildman–Crippen LogP) is 3.33. The summed E-state index contributed by atoms with van der Waals surface area (Å²) in [6.45, 7) is 7.28. The Morgan fingerprint density at radius 1 is 1.22 bits per heavy atom. The third-order valence-electron chi connectivity index (χ3n) is 2.95. The fourth-order valence-electron chi connectivity index (χ4n) is 2.03. The standard InChI is InChI=1S/C15H10Cl2N4O2/c1-20-9-5-6-10(22)12(14(23)21-15(18)19)11(9)7-3-2-4-8(16)13(7)17/h2-6,22H,(H4,18,19,21,23). The first-order valence-electron chi connectivity index (χ1n) is 6.18. The van der Waals surface area contributed by atoms with Gasteiger partial charge in [-0.25, -0.2) is 4.85 Å². The summed E-state index contributed by atoms with van der Waals surface area (Å²) in [6, 6.07) is 7.32. The van der Waals surface area contributed by atoms with Gasteiger partial charge in [-0.15, -0.1) is 0 Å². The minimum absolute atomic E-state index is 0.0982. The Labute approximate surface area is 141 Å². The predicted molar refractivity (Wildman–Crippen MR) is 90.0 cm³/mol. The monoisotopic (exact) mass is 348 g/mol. The molecule has 0 unspecified atom stereocenters. The van der Waals surface area contributed by atoms with Crippen LogP contribution in [0.15, 0.2) is 35.3 Å². The Balaban J connectivity index is 2.88. The second kappa shape index (κ2) is 6.57. The van der Waals surface area contributed by atoms with Crippen molar-refractivity contribution >= 4 is 40.8 Å². The molecule has 0 radical (unpaired) electrons. The second-order valence-corrected chi connectivity index (χ2v) is 5.19. The number of nitrogens with two attached hydrogens (primary N) is 2. The molecule has 0 aliphatic heterocycles. The minimum atomic E-state index is -0.890. The van der Waals surface area contributed by atoms with Gasteiger partial charge in [0.1, 0.15) is 5.75 Å². The number of hydrogen-bond acceptors (Lipinski definition) is 2. The SMILES string of the molecule is [C-]#[N+]c1ccc(O)c(C(=O)N=C(N)N)c1-c1cccc(Cl)c1Cl. The van der Waals surface area contributed by atoms with E-state index in [0.717, 1.165) is 0 Å². The molecule has 6 nitrogen and oxygen atoms in total. The Bertz CT molecular complexity index is 869. The zero-order valence-corrected chi connectivity index (χ0v) is 13.1. The van der Waals surface area contributed by atoms with Gasteiger partial charge in [-0.3, -0.25) is 4.79 Å². The fourth-order valence-corrected chi connectivity index (χ4v) is 2.43. The molecule has 0 atom stereocenters. The van der Waals surface area contributed by atoms with Gasteiger partial charge >= 0.3 is 0 Å². The smallest absolute Gasteiger partial charge is 0.283 e. The lowest BCUT2D eigenvalue weighted by Gasteiger charge is -2.13. The van der Waals surface area contributed by atoms with Crippen LogP contribution in [0.3, 0.4) is 0 Å². The number of aliphatic imine (C=N–C) groups is 1. The largest absolute Gasteiger partial charge is 0.507 e. The van der Waals surface area contributed by atoms with Crippen LogP contribution in [0.1, 0.15) is 10.4 Å². The average Bonchev–Trinajstić information content (AvgIpc) is 2.49. The lowest BCUT2D eigenvalue weighted by molar-refractivity contribution is 0.100. The molecule has 2 aromatic rings. The number of halogens is 2. The molecule has 0 fully saturated rings. The van der Waals surface area contributed by atoms with E-state index in [9.17, 15) is 9.90 Å². The summed E-state index contributed by atoms with van der Waals surface area (Å²) in [6.07, 6.45) is 0. The molecule has 2 rings (SSSR count). The van der Waals surface area contributed by atoms with Crippen molar-refractivity contribution in [1.82, 2.24) is 0 Å². The van der Waals surface area contributed by atoms with Crippen molar-refractivity contribution in [3.05, 3.63) is 57.4 Å². The lowest BCUT2D eigenvalue weighted by atomic mass is 9.96. The van der Waals surface area contributed by atoms with Crippen LogP contribution in [0.5, 0.6) is 5.75 Å². The van der Waals surface area contributed by atoms with Gasteiger partial charge in [0.2, 0.25) is 0 Å². The van der Waals surface area contributed by atoms with Crippen LogP contribution in [0.2, 0.25) is 10.0 Å². The molecule has 0 aliphatic carbocycles. The first-order valence-corrected chi connectivity index (χ1v) is 6.94. The van der Waals surface area contributed by atoms with Crippen molar-refractivity contribution in [3.8, 4) is 16.9 Å². The maximum atomic E-state index is 12.2. The van der Waals surface area contributed by atoms with Gasteiger partial charge in [0.15, 0.2) is 11.6 Å². The molecule has 0 bridgehead atoms. The van der Waals surface area contributed by atoms with E-state index in [1.165, 1.54) is 12.1 Å². The topological polar surface area (TPSA) is 106 Å². The normalized spacial score (nSPS) is 9.96. The average molecular weight is 349 g/mol. The third kappa shape index (κ3) is 3.21. The number of nitrogens with zero attached hydrogens (tertiary/aromatic N) is 2. The van der Waals surface area contributed by atoms with Gasteiger partial charge in [-0.05, 0) is 17.7 Å². The highest BCUT2D eigenvalue weighted by molar-refractivity contribution is 6.44. The molecule has 1 amide bonds. The number of benzene rings is 2. The van der Waals surface area contributed by atoms with Gasteiger partial charge in [-0.2, -0.15) is 4.99 Å². The molecular formula is C15H10Cl2N4O2. The number of rotatable bonds is 2. The van der Waals surface area contributed by atoms with Gasteiger partial charge < -0.3 is 16.6 Å². The van der Waals surface area contributed by atoms with Gasteiger partial charge in [-0.1, -0.05) is 41.4 Å². The lowest BCUT2D eigenvalue weighted by Crippen LogP contribution is -2.24. The molecule has 23 heavy (non-hydrogen) atoms. The Kier molecular flexibility index (Phi) is 4.74. The van der Waals surface area contributed by atoms with Crippen molar-refractivity contribution in [1.29, 1.82) is 0 Å². The van der Waals surface area contributed by atoms with Crippen LogP contribution < -0.4 is 11.5 Å². The van der Waals surface area contributed by atoms with Crippen LogP contribution in [-0.4, -0.2) is 17.0 Å². The van der Waals surface area contributed by atoms with E-state index in [-0.39, 0.29) is 32.6 Å². The van der Waals surface area contributed by atoms with E-state index in [4.69, 9.17) is 41.2 Å². The maximum Gasteiger partial charge on any atom is 0.283 e. The molecule has 0 heterocycles. The number of amides is 1. The highest BCUT2D eigenvalue weighted by Crippen LogP contribution is 2.43. The quantitative estimate of drug-likeness (QED) is 0.439. The van der Waals surface area contributed by atoms with Crippen LogP contribution in [0, 0.1) is 6.57 Å². The van der Waals surface area contributed by atoms with Crippen molar-refractivity contribution in [2.75, 3.05) is 0 Å². The summed E-state index contributed by atoms with van der Waals surface area (Å²) in [5.74, 6) is -1.73. The van der Waals surface area contributed by atoms with Crippen molar-refractivity contribution in [2.24, 2.45) is 16.5 Å². The van der Waals surface area contributed by atoms with Crippen molar-refractivity contribution in [2.45, 2.75) is 0 Å². The molecule has 2 aromatic carbocycles. The number of carbonyl (C=O) groups excluding carboxylic acids is 1. The highest BCUT2D eigenvalue weighted by atomic mass is 35.5. The van der Waals surface area contributed by atoms with E-state index in [2.05, 4.69) is 9.84 Å². The molecule has 8 heteroatoms. The fraction of sp³-hybridized carbons (Fsp3) is 0. The molecule has 116 valence electrons. The van der Waals surface area contributed by atoms with Crippen LogP contribution >= 0.6 is 23.2 Å². The number of hydrogen-bond donors (Lipinski definition) is 3. The van der Waals surface area contributed by atoms with Crippen molar-refractivity contribution < 1.29 is 9.90 Å². The summed E-state index contributed by atoms with van der Waals surface area (Å²) < 4.78 is 0. The number of phenols is 1. The highest BCUT2D eigenvalue weighted by Gasteiger charge is 2.23. The molecule has 0 saturated carbocycles. The van der Waals surface area contributed by atoms with Crippen LogP contribution in [0.25, 0.3) is 16.0 Å². The van der Waals surface area contributed by atoms with E-state index >= 15 is 0 Å². The van der Waals surface area contributed by atoms with Crippen LogP contribution in [0.4, 0.5) is 5.69 Å². The zero-order chi connectivity index (χ0) is 17.1. The summed E-state index contributed by atoms with van der Waals surface area (Å²) in [5.41, 5.74) is 10.7. The minimum Gasteiger partial charge on any atom is -0.507 e. The molecule has 5 N–H and O–H groups in total. The first-order chi connectivity index (χ1) is 10.9. The molecular weight excluding hydrogens is 339 g/mol. The van der Waals surface area contributed by atoms with E-state index in [0.29, 0.717) is 5.56 Å². The number of aromatic hydroxyl groups is 1. The maximum absolute atomic E-state index is 12.2.